The van der Waals surface area contributed by atoms with Crippen LogP contribution in [0.4, 0.5) is 0 Å². The van der Waals surface area contributed by atoms with Crippen molar-refractivity contribution in [2.45, 2.75) is 33.1 Å². The number of halogens is 1. The molecule has 0 saturated carbocycles. The van der Waals surface area contributed by atoms with E-state index in [-0.39, 0.29) is 0 Å². The molecule has 0 aliphatic heterocycles. The van der Waals surface area contributed by atoms with Crippen LogP contribution in [0.15, 0.2) is 11.1 Å². The lowest BCUT2D eigenvalue weighted by Gasteiger charge is -1.88. The topological polar surface area (TPSA) is 0 Å². The zero-order chi connectivity index (χ0) is 6.41. The van der Waals surface area contributed by atoms with Crippen molar-refractivity contribution in [2.75, 3.05) is 0 Å². The lowest BCUT2D eigenvalue weighted by Crippen LogP contribution is -1.66. The fourth-order valence-electron chi connectivity index (χ4n) is 0.445. The maximum atomic E-state index is 5.71. The van der Waals surface area contributed by atoms with E-state index in [1.807, 2.05) is 0 Å². The zero-order valence-electron chi connectivity index (χ0n) is 5.58. The van der Waals surface area contributed by atoms with Crippen LogP contribution in [0.3, 0.4) is 0 Å². The number of rotatable bonds is 3. The van der Waals surface area contributed by atoms with Gasteiger partial charge in [0.1, 0.15) is 0 Å². The highest BCUT2D eigenvalue weighted by atomic mass is 35.5. The van der Waals surface area contributed by atoms with Gasteiger partial charge >= 0.3 is 0 Å². The van der Waals surface area contributed by atoms with Crippen LogP contribution in [-0.2, 0) is 0 Å². The maximum absolute atomic E-state index is 5.71. The van der Waals surface area contributed by atoms with Crippen molar-refractivity contribution in [3.63, 3.8) is 0 Å². The molecule has 0 amide bonds. The van der Waals surface area contributed by atoms with E-state index in [2.05, 4.69) is 19.9 Å². The molecule has 0 bridgehead atoms. The first-order valence-corrected chi connectivity index (χ1v) is 3.53. The third-order valence-electron chi connectivity index (χ3n) is 0.992. The first-order valence-electron chi connectivity index (χ1n) is 3.15. The largest absolute Gasteiger partial charge is 0.0895 e. The van der Waals surface area contributed by atoms with Gasteiger partial charge in [-0.1, -0.05) is 37.9 Å². The predicted molar refractivity (Wildman–Crippen MR) is 39.1 cm³/mol. The summed E-state index contributed by atoms with van der Waals surface area (Å²) in [6.45, 7) is 4.21. The molecule has 0 fully saturated rings. The molecule has 0 unspecified atom stereocenters. The minimum Gasteiger partial charge on any atom is -0.0895 e. The van der Waals surface area contributed by atoms with E-state index in [9.17, 15) is 0 Å². The molecule has 0 nitrogen and oxygen atoms in total. The Morgan fingerprint density at radius 1 is 1.50 bits per heavy atom. The Kier molecular flexibility index (Phi) is 5.19. The Bertz CT molecular complexity index is 74.5. The number of hydrogen-bond acceptors (Lipinski definition) is 0. The zero-order valence-corrected chi connectivity index (χ0v) is 6.33. The van der Waals surface area contributed by atoms with E-state index < -0.39 is 0 Å². The summed E-state index contributed by atoms with van der Waals surface area (Å²) >= 11 is 5.71. The Balaban J connectivity index is 3.26. The number of allylic oxidation sites excluding steroid dienone is 2. The summed E-state index contributed by atoms with van der Waals surface area (Å²) in [5.41, 5.74) is 0. The molecule has 1 heteroatoms. The molecule has 0 N–H and O–H groups in total. The lowest BCUT2D eigenvalue weighted by atomic mass is 10.3. The standard InChI is InChI=1S/C7H13Cl/c1-3-5-6-7(8)4-2/h6H,3-5H2,1-2H3/b7-6-. The summed E-state index contributed by atoms with van der Waals surface area (Å²) in [6.07, 6.45) is 5.37. The molecule has 0 aliphatic rings. The second kappa shape index (κ2) is 5.17. The molecule has 0 heterocycles. The van der Waals surface area contributed by atoms with Gasteiger partial charge in [0.15, 0.2) is 0 Å². The SMILES string of the molecule is CCC/C=C(\Cl)CC. The fraction of sp³-hybridized carbons (Fsp3) is 0.714. The number of unbranched alkanes of at least 4 members (excludes halogenated alkanes) is 1. The van der Waals surface area contributed by atoms with Gasteiger partial charge < -0.3 is 0 Å². The molecule has 0 aromatic heterocycles. The molecule has 0 aromatic carbocycles. The van der Waals surface area contributed by atoms with Gasteiger partial charge in [-0.25, -0.2) is 0 Å². The fourth-order valence-corrected chi connectivity index (χ4v) is 0.554. The Hall–Kier alpha value is 0.0300. The van der Waals surface area contributed by atoms with Crippen molar-refractivity contribution in [2.24, 2.45) is 0 Å². The van der Waals surface area contributed by atoms with Gasteiger partial charge in [0.2, 0.25) is 0 Å². The van der Waals surface area contributed by atoms with Gasteiger partial charge in [-0.3, -0.25) is 0 Å². The molecule has 48 valence electrons. The third kappa shape index (κ3) is 4.20. The molecule has 0 aliphatic carbocycles. The van der Waals surface area contributed by atoms with E-state index >= 15 is 0 Å². The monoisotopic (exact) mass is 132 g/mol. The number of hydrogen-bond donors (Lipinski definition) is 0. The second-order valence-electron chi connectivity index (χ2n) is 1.79. The molecular formula is C7H13Cl. The molecule has 0 saturated heterocycles. The van der Waals surface area contributed by atoms with Crippen molar-refractivity contribution in [3.05, 3.63) is 11.1 Å². The quantitative estimate of drug-likeness (QED) is 0.553. The first-order chi connectivity index (χ1) is 3.81. The van der Waals surface area contributed by atoms with Crippen LogP contribution in [0.5, 0.6) is 0 Å². The van der Waals surface area contributed by atoms with Crippen LogP contribution in [0.25, 0.3) is 0 Å². The molecule has 0 radical (unpaired) electrons. The predicted octanol–water partition coefficient (Wildman–Crippen LogP) is 3.32. The van der Waals surface area contributed by atoms with E-state index in [1.54, 1.807) is 0 Å². The van der Waals surface area contributed by atoms with Crippen LogP contribution in [0, 0.1) is 0 Å². The van der Waals surface area contributed by atoms with E-state index in [0.29, 0.717) is 0 Å². The van der Waals surface area contributed by atoms with E-state index in [0.717, 1.165) is 17.9 Å². The van der Waals surface area contributed by atoms with E-state index in [1.165, 1.54) is 6.42 Å². The average Bonchev–Trinajstić information content (AvgIpc) is 1.83. The smallest absolute Gasteiger partial charge is 0.0138 e. The Labute approximate surface area is 56.5 Å². The lowest BCUT2D eigenvalue weighted by molar-refractivity contribution is 0.948. The molecule has 0 rings (SSSR count). The molecular weight excluding hydrogens is 120 g/mol. The summed E-state index contributed by atoms with van der Waals surface area (Å²) in [5, 5.41) is 0.992. The van der Waals surface area contributed by atoms with Gasteiger partial charge in [-0.15, -0.1) is 0 Å². The summed E-state index contributed by atoms with van der Waals surface area (Å²) in [5.74, 6) is 0. The Morgan fingerprint density at radius 3 is 2.50 bits per heavy atom. The average molecular weight is 133 g/mol. The summed E-state index contributed by atoms with van der Waals surface area (Å²) < 4.78 is 0. The summed E-state index contributed by atoms with van der Waals surface area (Å²) in [7, 11) is 0. The van der Waals surface area contributed by atoms with Gasteiger partial charge in [0.05, 0.1) is 0 Å². The van der Waals surface area contributed by atoms with Crippen molar-refractivity contribution >= 4 is 11.6 Å². The highest BCUT2D eigenvalue weighted by Crippen LogP contribution is 2.07. The van der Waals surface area contributed by atoms with Crippen molar-refractivity contribution < 1.29 is 0 Å². The van der Waals surface area contributed by atoms with E-state index in [4.69, 9.17) is 11.6 Å². The maximum Gasteiger partial charge on any atom is 0.0138 e. The van der Waals surface area contributed by atoms with Crippen molar-refractivity contribution in [1.29, 1.82) is 0 Å². The van der Waals surface area contributed by atoms with Crippen LogP contribution >= 0.6 is 11.6 Å². The van der Waals surface area contributed by atoms with Crippen molar-refractivity contribution in [3.8, 4) is 0 Å². The molecule has 0 atom stereocenters. The third-order valence-corrected chi connectivity index (χ3v) is 1.41. The minimum atomic E-state index is 0.974. The van der Waals surface area contributed by atoms with Gasteiger partial charge in [-0.05, 0) is 12.8 Å². The molecule has 8 heavy (non-hydrogen) atoms. The minimum absolute atomic E-state index is 0.974. The molecule has 0 aromatic rings. The van der Waals surface area contributed by atoms with Crippen LogP contribution < -0.4 is 0 Å². The highest BCUT2D eigenvalue weighted by Gasteiger charge is 1.82. The normalized spacial score (nSPS) is 12.1. The Morgan fingerprint density at radius 2 is 2.12 bits per heavy atom. The summed E-state index contributed by atoms with van der Waals surface area (Å²) in [4.78, 5) is 0. The van der Waals surface area contributed by atoms with Gasteiger partial charge in [0.25, 0.3) is 0 Å². The van der Waals surface area contributed by atoms with Crippen LogP contribution in [0.1, 0.15) is 33.1 Å². The van der Waals surface area contributed by atoms with Gasteiger partial charge in [0, 0.05) is 5.03 Å². The highest BCUT2D eigenvalue weighted by molar-refractivity contribution is 6.29. The van der Waals surface area contributed by atoms with Gasteiger partial charge in [-0.2, -0.15) is 0 Å². The summed E-state index contributed by atoms with van der Waals surface area (Å²) in [6, 6.07) is 0. The van der Waals surface area contributed by atoms with Crippen LogP contribution in [-0.4, -0.2) is 0 Å². The van der Waals surface area contributed by atoms with Crippen molar-refractivity contribution in [1.82, 2.24) is 0 Å². The van der Waals surface area contributed by atoms with Crippen LogP contribution in [0.2, 0.25) is 0 Å². The molecule has 0 spiro atoms. The second-order valence-corrected chi connectivity index (χ2v) is 2.28. The first kappa shape index (κ1) is 8.03.